The Labute approximate surface area is 106 Å². The number of carboxylic acid groups (broad SMARTS) is 1. The summed E-state index contributed by atoms with van der Waals surface area (Å²) in [6.07, 6.45) is 0.499. The maximum absolute atomic E-state index is 11.4. The van der Waals surface area contributed by atoms with E-state index in [1.165, 1.54) is 4.40 Å². The Hall–Kier alpha value is -1.83. The lowest BCUT2D eigenvalue weighted by atomic mass is 10.3. The van der Waals surface area contributed by atoms with Crippen molar-refractivity contribution in [2.75, 3.05) is 0 Å². The number of hydrogen-bond donors (Lipinski definition) is 2. The Morgan fingerprint density at radius 3 is 3.00 bits per heavy atom. The number of rotatable bonds is 4. The number of aryl methyl sites for hydroxylation is 1. The first-order chi connectivity index (χ1) is 8.52. The van der Waals surface area contributed by atoms with Crippen LogP contribution in [0.5, 0.6) is 0 Å². The van der Waals surface area contributed by atoms with Crippen LogP contribution in [0.1, 0.15) is 19.2 Å². The Morgan fingerprint density at radius 2 is 2.39 bits per heavy atom. The van der Waals surface area contributed by atoms with E-state index in [1.54, 1.807) is 19.9 Å². The van der Waals surface area contributed by atoms with Crippen LogP contribution in [0.4, 0.5) is 0 Å². The molecule has 18 heavy (non-hydrogen) atoms. The Kier molecular flexibility index (Phi) is 3.37. The zero-order valence-corrected chi connectivity index (χ0v) is 10.7. The lowest BCUT2D eigenvalue weighted by Gasteiger charge is -2.09. The average molecular weight is 268 g/mol. The van der Waals surface area contributed by atoms with E-state index in [-0.39, 0.29) is 5.69 Å². The average Bonchev–Trinajstić information content (AvgIpc) is 2.68. The number of aromatic nitrogens is 4. The van der Waals surface area contributed by atoms with E-state index in [9.17, 15) is 9.59 Å². The Morgan fingerprint density at radius 1 is 1.67 bits per heavy atom. The van der Waals surface area contributed by atoms with E-state index in [0.717, 1.165) is 11.8 Å². The number of carboxylic acids is 1. The van der Waals surface area contributed by atoms with Crippen molar-refractivity contribution < 1.29 is 9.90 Å². The van der Waals surface area contributed by atoms with Crippen molar-refractivity contribution in [3.63, 3.8) is 0 Å². The van der Waals surface area contributed by atoms with Crippen molar-refractivity contribution in [3.8, 4) is 0 Å². The molecule has 2 N–H and O–H groups in total. The third-order valence-electron chi connectivity index (χ3n) is 2.46. The van der Waals surface area contributed by atoms with Crippen LogP contribution in [0.15, 0.2) is 15.9 Å². The fourth-order valence-electron chi connectivity index (χ4n) is 1.59. The van der Waals surface area contributed by atoms with E-state index >= 15 is 0 Å². The summed E-state index contributed by atoms with van der Waals surface area (Å²) in [7, 11) is 0. The molecule has 1 atom stereocenters. The predicted octanol–water partition coefficient (Wildman–Crippen LogP) is 0.681. The van der Waals surface area contributed by atoms with Crippen LogP contribution in [-0.4, -0.2) is 35.9 Å². The number of nitrogens with zero attached hydrogens (tertiary/aromatic N) is 3. The molecule has 0 spiro atoms. The van der Waals surface area contributed by atoms with Gasteiger partial charge in [0, 0.05) is 6.07 Å². The van der Waals surface area contributed by atoms with Crippen molar-refractivity contribution in [3.05, 3.63) is 22.4 Å². The standard InChI is InChI=1S/C10H12N4O3S/c1-3-6(9(15)16)18-8-4-7-12-13-10(17)14(7)5(2)11-8/h4,6H,3H2,1-2H3,(H,13,17)(H,15,16). The minimum Gasteiger partial charge on any atom is -0.480 e. The number of carbonyl (C=O) groups is 1. The normalized spacial score (nSPS) is 12.8. The van der Waals surface area contributed by atoms with Gasteiger partial charge in [0.2, 0.25) is 0 Å². The summed E-state index contributed by atoms with van der Waals surface area (Å²) in [5, 5.41) is 15.2. The van der Waals surface area contributed by atoms with Crippen LogP contribution < -0.4 is 5.69 Å². The van der Waals surface area contributed by atoms with Gasteiger partial charge in [0.05, 0.1) is 0 Å². The van der Waals surface area contributed by atoms with Gasteiger partial charge in [0.1, 0.15) is 16.1 Å². The molecule has 2 heterocycles. The molecule has 2 rings (SSSR count). The number of thioether (sulfide) groups is 1. The second-order valence-corrected chi connectivity index (χ2v) is 4.94. The molecule has 0 aliphatic rings. The van der Waals surface area contributed by atoms with Crippen molar-refractivity contribution in [1.82, 2.24) is 19.6 Å². The van der Waals surface area contributed by atoms with Gasteiger partial charge in [-0.2, -0.15) is 5.10 Å². The van der Waals surface area contributed by atoms with Gasteiger partial charge < -0.3 is 5.11 Å². The smallest absolute Gasteiger partial charge is 0.349 e. The third kappa shape index (κ3) is 2.23. The first-order valence-electron chi connectivity index (χ1n) is 5.37. The van der Waals surface area contributed by atoms with E-state index < -0.39 is 11.2 Å². The Bertz CT molecular complexity index is 648. The molecule has 0 amide bonds. The molecular formula is C10H12N4O3S. The molecule has 0 radical (unpaired) electrons. The summed E-state index contributed by atoms with van der Waals surface area (Å²) >= 11 is 1.16. The van der Waals surface area contributed by atoms with Gasteiger partial charge in [-0.25, -0.2) is 19.3 Å². The van der Waals surface area contributed by atoms with Crippen molar-refractivity contribution in [1.29, 1.82) is 0 Å². The van der Waals surface area contributed by atoms with Gasteiger partial charge in [-0.1, -0.05) is 18.7 Å². The highest BCUT2D eigenvalue weighted by Gasteiger charge is 2.18. The largest absolute Gasteiger partial charge is 0.480 e. The first kappa shape index (κ1) is 12.6. The molecule has 2 aromatic heterocycles. The highest BCUT2D eigenvalue weighted by atomic mass is 32.2. The van der Waals surface area contributed by atoms with Crippen LogP contribution in [0.25, 0.3) is 5.65 Å². The molecule has 0 bridgehead atoms. The zero-order chi connectivity index (χ0) is 13.3. The molecule has 96 valence electrons. The summed E-state index contributed by atoms with van der Waals surface area (Å²) in [6.45, 7) is 3.48. The van der Waals surface area contributed by atoms with Gasteiger partial charge in [-0.05, 0) is 13.3 Å². The highest BCUT2D eigenvalue weighted by Crippen LogP contribution is 2.24. The molecule has 2 aromatic rings. The van der Waals surface area contributed by atoms with Gasteiger partial charge in [-0.3, -0.25) is 4.79 Å². The zero-order valence-electron chi connectivity index (χ0n) is 9.88. The lowest BCUT2D eigenvalue weighted by molar-refractivity contribution is -0.136. The summed E-state index contributed by atoms with van der Waals surface area (Å²) < 4.78 is 1.34. The predicted molar refractivity (Wildman–Crippen MR) is 65.9 cm³/mol. The number of hydrogen-bond acceptors (Lipinski definition) is 5. The van der Waals surface area contributed by atoms with Crippen molar-refractivity contribution >= 4 is 23.4 Å². The summed E-state index contributed by atoms with van der Waals surface area (Å²) in [4.78, 5) is 26.6. The monoisotopic (exact) mass is 268 g/mol. The van der Waals surface area contributed by atoms with E-state index in [0.29, 0.717) is 22.9 Å². The molecule has 0 fully saturated rings. The fourth-order valence-corrected chi connectivity index (χ4v) is 2.50. The summed E-state index contributed by atoms with van der Waals surface area (Å²) in [5.41, 5.74) is 0.0899. The Balaban J connectivity index is 2.41. The second kappa shape index (κ2) is 4.81. The second-order valence-electron chi connectivity index (χ2n) is 3.72. The topological polar surface area (TPSA) is 100 Å². The van der Waals surface area contributed by atoms with Crippen molar-refractivity contribution in [2.45, 2.75) is 30.5 Å². The summed E-state index contributed by atoms with van der Waals surface area (Å²) in [6, 6.07) is 1.60. The fraction of sp³-hybridized carbons (Fsp3) is 0.400. The number of aliphatic carboxylic acids is 1. The number of nitrogens with one attached hydrogen (secondary N) is 1. The maximum atomic E-state index is 11.4. The molecule has 7 nitrogen and oxygen atoms in total. The summed E-state index contributed by atoms with van der Waals surface area (Å²) in [5.74, 6) is -0.393. The molecule has 1 unspecified atom stereocenters. The number of H-pyrrole nitrogens is 1. The van der Waals surface area contributed by atoms with Crippen LogP contribution in [0.3, 0.4) is 0 Å². The SMILES string of the molecule is CCC(Sc1cc2n[nH]c(=O)n2c(C)n1)C(=O)O. The highest BCUT2D eigenvalue weighted by molar-refractivity contribution is 8.00. The van der Waals surface area contributed by atoms with E-state index in [4.69, 9.17) is 5.11 Å². The van der Waals surface area contributed by atoms with Gasteiger partial charge in [0.15, 0.2) is 5.65 Å². The van der Waals surface area contributed by atoms with Crippen LogP contribution >= 0.6 is 11.8 Å². The van der Waals surface area contributed by atoms with Gasteiger partial charge in [0.25, 0.3) is 0 Å². The lowest BCUT2D eigenvalue weighted by Crippen LogP contribution is -2.16. The van der Waals surface area contributed by atoms with E-state index in [1.807, 2.05) is 0 Å². The molecule has 8 heteroatoms. The third-order valence-corrected chi connectivity index (χ3v) is 3.73. The molecule has 0 aliphatic heterocycles. The van der Waals surface area contributed by atoms with Crippen LogP contribution in [0, 0.1) is 6.92 Å². The molecule has 0 saturated carbocycles. The minimum atomic E-state index is -0.874. The number of aromatic amines is 1. The quantitative estimate of drug-likeness (QED) is 0.624. The molecule has 0 aliphatic carbocycles. The van der Waals surface area contributed by atoms with Crippen LogP contribution in [-0.2, 0) is 4.79 Å². The molecule has 0 saturated heterocycles. The first-order valence-corrected chi connectivity index (χ1v) is 6.25. The number of fused-ring (bicyclic) bond motifs is 1. The molecular weight excluding hydrogens is 256 g/mol. The maximum Gasteiger partial charge on any atom is 0.349 e. The van der Waals surface area contributed by atoms with Crippen LogP contribution in [0.2, 0.25) is 0 Å². The van der Waals surface area contributed by atoms with Gasteiger partial charge >= 0.3 is 11.7 Å². The minimum absolute atomic E-state index is 0.350. The molecule has 0 aromatic carbocycles. The van der Waals surface area contributed by atoms with Gasteiger partial charge in [-0.15, -0.1) is 0 Å². The van der Waals surface area contributed by atoms with Crippen molar-refractivity contribution in [2.24, 2.45) is 0 Å². The van der Waals surface area contributed by atoms with E-state index in [2.05, 4.69) is 15.2 Å².